The minimum absolute atomic E-state index is 0. The zero-order valence-corrected chi connectivity index (χ0v) is 16.7. The first-order chi connectivity index (χ1) is 10.9. The molecule has 0 spiro atoms. The van der Waals surface area contributed by atoms with Gasteiger partial charge in [-0.3, -0.25) is 0 Å². The second-order valence-corrected chi connectivity index (χ2v) is 5.74. The highest BCUT2D eigenvalue weighted by Crippen LogP contribution is 2.25. The number of rotatable bonds is 5. The van der Waals surface area contributed by atoms with Crippen molar-refractivity contribution in [2.24, 2.45) is 10.7 Å². The average Bonchev–Trinajstić information content (AvgIpc) is 2.49. The standard InChI is InChI=1S/C16H16BrF2N3O.HI/c1-10-2-5-13(6-3-10)22-16(20)21-9-11-8-12(17)4-7-14(11)23-15(18)19;/h2-8,15H,9H2,1H3,(H3,20,21,22);1H. The first-order valence-electron chi connectivity index (χ1n) is 6.81. The van der Waals surface area contributed by atoms with Crippen LogP contribution < -0.4 is 15.8 Å². The number of nitrogens with zero attached hydrogens (tertiary/aromatic N) is 1. The molecule has 0 fully saturated rings. The van der Waals surface area contributed by atoms with Gasteiger partial charge in [-0.2, -0.15) is 8.78 Å². The van der Waals surface area contributed by atoms with Gasteiger partial charge >= 0.3 is 6.61 Å². The number of guanidine groups is 1. The van der Waals surface area contributed by atoms with E-state index in [2.05, 4.69) is 31.0 Å². The van der Waals surface area contributed by atoms with Crippen LogP contribution in [-0.2, 0) is 6.54 Å². The molecule has 24 heavy (non-hydrogen) atoms. The van der Waals surface area contributed by atoms with Crippen LogP contribution in [0.5, 0.6) is 5.75 Å². The van der Waals surface area contributed by atoms with E-state index in [0.29, 0.717) is 5.56 Å². The molecule has 0 bridgehead atoms. The molecule has 0 amide bonds. The normalized spacial score (nSPS) is 11.1. The van der Waals surface area contributed by atoms with Crippen molar-refractivity contribution in [1.82, 2.24) is 0 Å². The maximum absolute atomic E-state index is 12.4. The van der Waals surface area contributed by atoms with Gasteiger partial charge in [-0.05, 0) is 37.3 Å². The molecular formula is C16H17BrF2IN3O. The number of benzene rings is 2. The summed E-state index contributed by atoms with van der Waals surface area (Å²) in [6.45, 7) is -0.785. The summed E-state index contributed by atoms with van der Waals surface area (Å²) in [5, 5.41) is 2.94. The minimum atomic E-state index is -2.89. The quantitative estimate of drug-likeness (QED) is 0.341. The van der Waals surface area contributed by atoms with E-state index in [0.717, 1.165) is 15.7 Å². The number of hydrogen-bond donors (Lipinski definition) is 2. The molecule has 0 unspecified atom stereocenters. The van der Waals surface area contributed by atoms with Crippen molar-refractivity contribution in [3.05, 3.63) is 58.1 Å². The molecule has 2 aromatic rings. The SMILES string of the molecule is Cc1ccc(NC(N)=NCc2cc(Br)ccc2OC(F)F)cc1.I. The summed E-state index contributed by atoms with van der Waals surface area (Å²) in [6.07, 6.45) is 0. The fraction of sp³-hybridized carbons (Fsp3) is 0.188. The zero-order chi connectivity index (χ0) is 16.8. The Balaban J connectivity index is 0.00000288. The average molecular weight is 512 g/mol. The van der Waals surface area contributed by atoms with Gasteiger partial charge in [-0.15, -0.1) is 24.0 Å². The molecule has 0 saturated heterocycles. The summed E-state index contributed by atoms with van der Waals surface area (Å²) < 4.78 is 30.1. The van der Waals surface area contributed by atoms with Crippen LogP contribution in [0.3, 0.4) is 0 Å². The Bertz CT molecular complexity index is 696. The maximum atomic E-state index is 12.4. The minimum Gasteiger partial charge on any atom is -0.434 e. The maximum Gasteiger partial charge on any atom is 0.387 e. The highest BCUT2D eigenvalue weighted by Gasteiger charge is 2.10. The molecule has 0 aliphatic heterocycles. The molecule has 2 aromatic carbocycles. The van der Waals surface area contributed by atoms with E-state index in [4.69, 9.17) is 5.73 Å². The Labute approximate surface area is 164 Å². The van der Waals surface area contributed by atoms with E-state index in [9.17, 15) is 8.78 Å². The molecule has 130 valence electrons. The van der Waals surface area contributed by atoms with Crippen LogP contribution in [0.4, 0.5) is 14.5 Å². The predicted molar refractivity (Wildman–Crippen MR) is 106 cm³/mol. The van der Waals surface area contributed by atoms with E-state index in [-0.39, 0.29) is 42.2 Å². The van der Waals surface area contributed by atoms with Crippen molar-refractivity contribution < 1.29 is 13.5 Å². The summed E-state index contributed by atoms with van der Waals surface area (Å²) in [6, 6.07) is 12.4. The van der Waals surface area contributed by atoms with Gasteiger partial charge in [0.1, 0.15) is 5.75 Å². The molecule has 0 atom stereocenters. The van der Waals surface area contributed by atoms with E-state index >= 15 is 0 Å². The number of nitrogens with two attached hydrogens (primary N) is 1. The van der Waals surface area contributed by atoms with E-state index in [1.165, 1.54) is 6.07 Å². The van der Waals surface area contributed by atoms with Gasteiger partial charge in [0.05, 0.1) is 6.54 Å². The molecule has 0 aliphatic carbocycles. The number of anilines is 1. The first-order valence-corrected chi connectivity index (χ1v) is 7.60. The lowest BCUT2D eigenvalue weighted by molar-refractivity contribution is -0.0504. The Morgan fingerprint density at radius 1 is 1.25 bits per heavy atom. The third-order valence-electron chi connectivity index (χ3n) is 2.98. The van der Waals surface area contributed by atoms with Crippen LogP contribution in [0.25, 0.3) is 0 Å². The fourth-order valence-electron chi connectivity index (χ4n) is 1.88. The van der Waals surface area contributed by atoms with E-state index in [1.807, 2.05) is 31.2 Å². The molecule has 3 N–H and O–H groups in total. The number of alkyl halides is 2. The third-order valence-corrected chi connectivity index (χ3v) is 3.48. The van der Waals surface area contributed by atoms with Crippen LogP contribution in [0, 0.1) is 6.92 Å². The Morgan fingerprint density at radius 2 is 1.92 bits per heavy atom. The van der Waals surface area contributed by atoms with Gasteiger partial charge in [0, 0.05) is 15.7 Å². The monoisotopic (exact) mass is 511 g/mol. The topological polar surface area (TPSA) is 59.6 Å². The molecule has 0 aromatic heterocycles. The number of ether oxygens (including phenoxy) is 1. The number of hydrogen-bond acceptors (Lipinski definition) is 2. The predicted octanol–water partition coefficient (Wildman–Crippen LogP) is 4.90. The van der Waals surface area contributed by atoms with Crippen molar-refractivity contribution in [1.29, 1.82) is 0 Å². The molecular weight excluding hydrogens is 495 g/mol. The Kier molecular flexibility index (Phi) is 8.40. The lowest BCUT2D eigenvalue weighted by atomic mass is 10.2. The summed E-state index contributed by atoms with van der Waals surface area (Å²) >= 11 is 3.29. The van der Waals surface area contributed by atoms with Gasteiger partial charge in [0.2, 0.25) is 0 Å². The molecule has 0 aliphatic rings. The fourth-order valence-corrected chi connectivity index (χ4v) is 2.29. The molecule has 2 rings (SSSR count). The van der Waals surface area contributed by atoms with Gasteiger partial charge in [-0.25, -0.2) is 4.99 Å². The molecule has 0 heterocycles. The van der Waals surface area contributed by atoms with Gasteiger partial charge in [0.25, 0.3) is 0 Å². The van der Waals surface area contributed by atoms with Gasteiger partial charge in [0.15, 0.2) is 5.96 Å². The van der Waals surface area contributed by atoms with Crippen molar-refractivity contribution >= 4 is 51.6 Å². The lowest BCUT2D eigenvalue weighted by Gasteiger charge is -2.10. The van der Waals surface area contributed by atoms with Crippen molar-refractivity contribution in [3.63, 3.8) is 0 Å². The van der Waals surface area contributed by atoms with Gasteiger partial charge < -0.3 is 15.8 Å². The summed E-state index contributed by atoms with van der Waals surface area (Å²) in [5.41, 5.74) is 8.26. The van der Waals surface area contributed by atoms with Crippen LogP contribution in [0.1, 0.15) is 11.1 Å². The zero-order valence-electron chi connectivity index (χ0n) is 12.8. The second kappa shape index (κ2) is 9.77. The van der Waals surface area contributed by atoms with Crippen molar-refractivity contribution in [2.45, 2.75) is 20.1 Å². The van der Waals surface area contributed by atoms with E-state index < -0.39 is 6.61 Å². The highest BCUT2D eigenvalue weighted by atomic mass is 127. The van der Waals surface area contributed by atoms with Crippen LogP contribution in [0.15, 0.2) is 51.9 Å². The second-order valence-electron chi connectivity index (χ2n) is 4.82. The molecule has 4 nitrogen and oxygen atoms in total. The number of halogens is 4. The van der Waals surface area contributed by atoms with E-state index in [1.54, 1.807) is 12.1 Å². The Hall–Kier alpha value is -1.42. The largest absolute Gasteiger partial charge is 0.434 e. The molecule has 8 heteroatoms. The number of nitrogens with one attached hydrogen (secondary N) is 1. The summed E-state index contributed by atoms with van der Waals surface area (Å²) in [4.78, 5) is 4.16. The lowest BCUT2D eigenvalue weighted by Crippen LogP contribution is -2.22. The van der Waals surface area contributed by atoms with Gasteiger partial charge in [-0.1, -0.05) is 33.6 Å². The van der Waals surface area contributed by atoms with Crippen LogP contribution in [-0.4, -0.2) is 12.6 Å². The summed E-state index contributed by atoms with van der Waals surface area (Å²) in [5.74, 6) is 0.270. The molecule has 0 saturated carbocycles. The summed E-state index contributed by atoms with van der Waals surface area (Å²) in [7, 11) is 0. The Morgan fingerprint density at radius 3 is 2.54 bits per heavy atom. The number of aryl methyl sites for hydroxylation is 1. The van der Waals surface area contributed by atoms with Crippen LogP contribution >= 0.6 is 39.9 Å². The van der Waals surface area contributed by atoms with Crippen molar-refractivity contribution in [2.75, 3.05) is 5.32 Å². The number of aliphatic imine (C=N–C) groups is 1. The smallest absolute Gasteiger partial charge is 0.387 e. The van der Waals surface area contributed by atoms with Crippen molar-refractivity contribution in [3.8, 4) is 5.75 Å². The van der Waals surface area contributed by atoms with Crippen LogP contribution in [0.2, 0.25) is 0 Å². The highest BCUT2D eigenvalue weighted by molar-refractivity contribution is 14.0. The molecule has 0 radical (unpaired) electrons. The third kappa shape index (κ3) is 6.60. The first kappa shape index (κ1) is 20.6.